The third-order valence-corrected chi connectivity index (χ3v) is 6.43. The summed E-state index contributed by atoms with van der Waals surface area (Å²) in [6, 6.07) is 2.34. The van der Waals surface area contributed by atoms with E-state index in [1.54, 1.807) is 24.2 Å². The van der Waals surface area contributed by atoms with E-state index in [0.717, 1.165) is 4.40 Å². The lowest BCUT2D eigenvalue weighted by molar-refractivity contribution is 0.0136. The first-order valence-electron chi connectivity index (χ1n) is 12.4. The zero-order valence-corrected chi connectivity index (χ0v) is 21.9. The minimum atomic E-state index is -0.743. The first-order valence-corrected chi connectivity index (χ1v) is 12.4. The Morgan fingerprint density at radius 2 is 1.79 bits per heavy atom. The molecule has 5 rings (SSSR count). The van der Waals surface area contributed by atoms with Crippen molar-refractivity contribution in [3.8, 4) is 11.4 Å². The summed E-state index contributed by atoms with van der Waals surface area (Å²) in [5, 5.41) is 0. The molecule has 0 aromatic carbocycles. The third kappa shape index (κ3) is 4.77. The van der Waals surface area contributed by atoms with Gasteiger partial charge in [-0.2, -0.15) is 4.98 Å². The van der Waals surface area contributed by atoms with Crippen LogP contribution in [0.5, 0.6) is 0 Å². The number of aryl methyl sites for hydroxylation is 1. The van der Waals surface area contributed by atoms with Crippen LogP contribution in [-0.2, 0) is 4.74 Å². The van der Waals surface area contributed by atoms with E-state index < -0.39 is 22.9 Å². The predicted molar refractivity (Wildman–Crippen MR) is 137 cm³/mol. The Balaban J connectivity index is 1.46. The minimum absolute atomic E-state index is 0.0918. The molecule has 1 saturated heterocycles. The van der Waals surface area contributed by atoms with Crippen LogP contribution in [0.15, 0.2) is 35.5 Å². The lowest BCUT2D eigenvalue weighted by atomic mass is 10.1. The summed E-state index contributed by atoms with van der Waals surface area (Å²) < 4.78 is 38.0. The molecule has 1 aliphatic rings. The van der Waals surface area contributed by atoms with Crippen molar-refractivity contribution in [2.24, 2.45) is 0 Å². The molecule has 0 spiro atoms. The number of pyridine rings is 2. The summed E-state index contributed by atoms with van der Waals surface area (Å²) in [4.78, 5) is 41.6. The zero-order chi connectivity index (χ0) is 27.4. The summed E-state index contributed by atoms with van der Waals surface area (Å²) in [6.45, 7) is 10.4. The molecule has 4 aromatic heterocycles. The number of halogens is 2. The van der Waals surface area contributed by atoms with E-state index in [-0.39, 0.29) is 34.8 Å². The molecule has 0 bridgehead atoms. The van der Waals surface area contributed by atoms with E-state index >= 15 is 4.39 Å². The molecule has 12 heteroatoms. The van der Waals surface area contributed by atoms with Crippen LogP contribution in [0.4, 0.5) is 19.3 Å². The van der Waals surface area contributed by atoms with E-state index in [1.807, 2.05) is 32.6 Å². The Hall–Kier alpha value is -4.09. The van der Waals surface area contributed by atoms with Gasteiger partial charge in [0.2, 0.25) is 0 Å². The van der Waals surface area contributed by atoms with Crippen molar-refractivity contribution in [1.29, 1.82) is 0 Å². The van der Waals surface area contributed by atoms with Crippen molar-refractivity contribution in [2.75, 3.05) is 24.5 Å². The highest BCUT2D eigenvalue weighted by atomic mass is 19.1. The molecule has 38 heavy (non-hydrogen) atoms. The van der Waals surface area contributed by atoms with Gasteiger partial charge in [0.05, 0.1) is 17.4 Å². The topological polar surface area (TPSA) is 97.3 Å². The summed E-state index contributed by atoms with van der Waals surface area (Å²) in [5.74, 6) is -1.41. The van der Waals surface area contributed by atoms with E-state index in [0.29, 0.717) is 37.4 Å². The van der Waals surface area contributed by atoms with E-state index in [1.165, 1.54) is 22.7 Å². The van der Waals surface area contributed by atoms with Crippen molar-refractivity contribution in [1.82, 2.24) is 28.7 Å². The molecule has 0 saturated carbocycles. The molecule has 0 unspecified atom stereocenters. The number of hydrogen-bond donors (Lipinski definition) is 0. The van der Waals surface area contributed by atoms with Crippen LogP contribution in [0.3, 0.4) is 0 Å². The Morgan fingerprint density at radius 1 is 1.05 bits per heavy atom. The SMILES string of the molecule is CC[C@H]1CN(c2cc(F)c3nc(-c4cc(F)c5nc(C)cn5c4)nc(=O)n3c2)CCN1C(=O)OC(C)(C)C. The van der Waals surface area contributed by atoms with Gasteiger partial charge in [0.15, 0.2) is 28.8 Å². The molecule has 1 atom stereocenters. The number of imidazole rings is 1. The highest BCUT2D eigenvalue weighted by Crippen LogP contribution is 2.25. The number of rotatable bonds is 3. The number of hydrogen-bond acceptors (Lipinski definition) is 7. The highest BCUT2D eigenvalue weighted by Gasteiger charge is 2.33. The second-order valence-corrected chi connectivity index (χ2v) is 10.4. The van der Waals surface area contributed by atoms with Gasteiger partial charge in [-0.25, -0.2) is 32.7 Å². The number of carbonyl (C=O) groups excluding carboxylic acids is 1. The summed E-state index contributed by atoms with van der Waals surface area (Å²) in [6.07, 6.45) is 4.96. The Morgan fingerprint density at radius 3 is 2.50 bits per heavy atom. The monoisotopic (exact) mass is 525 g/mol. The van der Waals surface area contributed by atoms with Gasteiger partial charge in [-0.05, 0) is 40.2 Å². The number of amides is 1. The van der Waals surface area contributed by atoms with Gasteiger partial charge < -0.3 is 18.9 Å². The molecule has 4 aromatic rings. The van der Waals surface area contributed by atoms with Crippen LogP contribution >= 0.6 is 0 Å². The van der Waals surface area contributed by atoms with Gasteiger partial charge in [0.25, 0.3) is 0 Å². The second-order valence-electron chi connectivity index (χ2n) is 10.4. The Bertz CT molecular complexity index is 1610. The summed E-state index contributed by atoms with van der Waals surface area (Å²) in [5.41, 5.74) is -0.119. The molecule has 5 heterocycles. The quantitative estimate of drug-likeness (QED) is 0.401. The zero-order valence-electron chi connectivity index (χ0n) is 21.9. The molecule has 1 amide bonds. The normalized spacial score (nSPS) is 16.4. The number of aromatic nitrogens is 5. The number of nitrogens with zero attached hydrogens (tertiary/aromatic N) is 7. The Kier molecular flexibility index (Phi) is 6.28. The molecule has 10 nitrogen and oxygen atoms in total. The molecule has 200 valence electrons. The summed E-state index contributed by atoms with van der Waals surface area (Å²) >= 11 is 0. The van der Waals surface area contributed by atoms with Crippen molar-refractivity contribution < 1.29 is 18.3 Å². The molecular formula is C26H29F2N7O3. The van der Waals surface area contributed by atoms with E-state index in [9.17, 15) is 14.0 Å². The molecule has 0 N–H and O–H groups in total. The number of ether oxygens (including phenoxy) is 1. The van der Waals surface area contributed by atoms with E-state index in [2.05, 4.69) is 15.0 Å². The fourth-order valence-electron chi connectivity index (χ4n) is 4.67. The molecular weight excluding hydrogens is 496 g/mol. The molecule has 1 fully saturated rings. The third-order valence-electron chi connectivity index (χ3n) is 6.43. The van der Waals surface area contributed by atoms with Gasteiger partial charge in [-0.1, -0.05) is 6.92 Å². The molecule has 0 radical (unpaired) electrons. The van der Waals surface area contributed by atoms with Crippen molar-refractivity contribution in [3.05, 3.63) is 58.5 Å². The standard InChI is InChI=1S/C26H29F2N7O3/c1-6-17-13-32(7-8-34(17)25(37)38-26(3,4)5)18-10-20(28)23-30-21(31-24(36)35(23)14-18)16-9-19(27)22-29-15(2)11-33(22)12-16/h9-12,14,17H,6-8,13H2,1-5H3/t17-/m0/s1. The van der Waals surface area contributed by atoms with Crippen LogP contribution in [0.1, 0.15) is 39.8 Å². The van der Waals surface area contributed by atoms with Gasteiger partial charge in [-0.15, -0.1) is 0 Å². The summed E-state index contributed by atoms with van der Waals surface area (Å²) in [7, 11) is 0. The van der Waals surface area contributed by atoms with Crippen molar-refractivity contribution in [2.45, 2.75) is 52.7 Å². The van der Waals surface area contributed by atoms with Gasteiger partial charge in [0, 0.05) is 49.9 Å². The van der Waals surface area contributed by atoms with E-state index in [4.69, 9.17) is 4.74 Å². The van der Waals surface area contributed by atoms with Crippen LogP contribution in [-0.4, -0.2) is 66.0 Å². The smallest absolute Gasteiger partial charge is 0.410 e. The first-order chi connectivity index (χ1) is 17.9. The van der Waals surface area contributed by atoms with Gasteiger partial charge in [0.1, 0.15) is 5.60 Å². The number of carbonyl (C=O) groups is 1. The molecule has 0 aliphatic carbocycles. The van der Waals surface area contributed by atoms with Gasteiger partial charge in [-0.3, -0.25) is 0 Å². The predicted octanol–water partition coefficient (Wildman–Crippen LogP) is 3.83. The average Bonchev–Trinajstić information content (AvgIpc) is 3.23. The highest BCUT2D eigenvalue weighted by molar-refractivity contribution is 5.69. The molecule has 1 aliphatic heterocycles. The lowest BCUT2D eigenvalue weighted by Crippen LogP contribution is -2.56. The minimum Gasteiger partial charge on any atom is -0.444 e. The first kappa shape index (κ1) is 25.6. The second kappa shape index (κ2) is 9.34. The fraction of sp³-hybridized carbons (Fsp3) is 0.423. The van der Waals surface area contributed by atoms with Crippen LogP contribution in [0, 0.1) is 18.6 Å². The fourth-order valence-corrected chi connectivity index (χ4v) is 4.67. The lowest BCUT2D eigenvalue weighted by Gasteiger charge is -2.42. The number of anilines is 1. The largest absolute Gasteiger partial charge is 0.444 e. The van der Waals surface area contributed by atoms with Crippen LogP contribution in [0.25, 0.3) is 22.7 Å². The number of fused-ring (bicyclic) bond motifs is 2. The maximum absolute atomic E-state index is 15.3. The van der Waals surface area contributed by atoms with Crippen LogP contribution in [0.2, 0.25) is 0 Å². The van der Waals surface area contributed by atoms with Gasteiger partial charge >= 0.3 is 11.8 Å². The van der Waals surface area contributed by atoms with Crippen LogP contribution < -0.4 is 10.6 Å². The average molecular weight is 526 g/mol. The van der Waals surface area contributed by atoms with Crippen molar-refractivity contribution >= 4 is 23.1 Å². The Labute approximate surface area is 217 Å². The van der Waals surface area contributed by atoms with Crippen molar-refractivity contribution in [3.63, 3.8) is 0 Å². The number of piperazine rings is 1. The maximum Gasteiger partial charge on any atom is 0.410 e. The maximum atomic E-state index is 15.3.